The van der Waals surface area contributed by atoms with Crippen molar-refractivity contribution in [2.75, 3.05) is 0 Å². The van der Waals surface area contributed by atoms with Crippen LogP contribution in [0, 0.1) is 0 Å². The molecule has 0 aliphatic carbocycles. The van der Waals surface area contributed by atoms with Gasteiger partial charge in [0, 0.05) is 6.54 Å². The molecule has 0 radical (unpaired) electrons. The molecule has 0 aromatic heterocycles. The molecule has 1 aromatic carbocycles. The molecule has 22 heavy (non-hydrogen) atoms. The van der Waals surface area contributed by atoms with Gasteiger partial charge < -0.3 is 9.84 Å². The number of hydrogen-bond donors (Lipinski definition) is 1. The maximum atomic E-state index is 12.2. The van der Waals surface area contributed by atoms with Gasteiger partial charge in [-0.05, 0) is 31.9 Å². The minimum atomic E-state index is -0.930. The number of nitrogens with zero attached hydrogens (tertiary/aromatic N) is 1. The van der Waals surface area contributed by atoms with Gasteiger partial charge in [-0.3, -0.25) is 9.69 Å². The van der Waals surface area contributed by atoms with E-state index in [1.54, 1.807) is 20.8 Å². The lowest BCUT2D eigenvalue weighted by atomic mass is 10.0. The van der Waals surface area contributed by atoms with E-state index in [4.69, 9.17) is 9.84 Å². The zero-order valence-corrected chi connectivity index (χ0v) is 13.9. The SMILES string of the molecule is CC.CC(C)(C)OC(=O)N1Cc2ccccc2C1CC(=O)O. The second kappa shape index (κ2) is 7.29. The highest BCUT2D eigenvalue weighted by Gasteiger charge is 2.36. The van der Waals surface area contributed by atoms with Gasteiger partial charge in [0.05, 0.1) is 12.5 Å². The zero-order chi connectivity index (χ0) is 16.9. The molecule has 1 heterocycles. The molecule has 0 saturated heterocycles. The van der Waals surface area contributed by atoms with Gasteiger partial charge >= 0.3 is 12.1 Å². The molecule has 0 spiro atoms. The molecule has 1 aliphatic rings. The van der Waals surface area contributed by atoms with Gasteiger partial charge in [0.25, 0.3) is 0 Å². The Balaban J connectivity index is 0.00000116. The molecular weight excluding hydrogens is 282 g/mol. The highest BCUT2D eigenvalue weighted by Crippen LogP contribution is 2.36. The van der Waals surface area contributed by atoms with Crippen LogP contribution in [0.1, 0.15) is 58.2 Å². The fourth-order valence-electron chi connectivity index (χ4n) is 2.36. The lowest BCUT2D eigenvalue weighted by Gasteiger charge is -2.28. The van der Waals surface area contributed by atoms with Crippen LogP contribution in [-0.4, -0.2) is 27.7 Å². The fourth-order valence-corrected chi connectivity index (χ4v) is 2.36. The van der Waals surface area contributed by atoms with Crippen molar-refractivity contribution in [3.8, 4) is 0 Å². The quantitative estimate of drug-likeness (QED) is 0.897. The Labute approximate surface area is 131 Å². The Bertz CT molecular complexity index is 534. The van der Waals surface area contributed by atoms with Crippen molar-refractivity contribution in [3.63, 3.8) is 0 Å². The number of amides is 1. The first-order valence-electron chi connectivity index (χ1n) is 7.57. The van der Waals surface area contributed by atoms with E-state index < -0.39 is 23.7 Å². The molecular formula is C17H25NO4. The Morgan fingerprint density at radius 2 is 1.86 bits per heavy atom. The number of ether oxygens (including phenoxy) is 1. The molecule has 122 valence electrons. The van der Waals surface area contributed by atoms with E-state index >= 15 is 0 Å². The van der Waals surface area contributed by atoms with Gasteiger partial charge in [-0.2, -0.15) is 0 Å². The van der Waals surface area contributed by atoms with Crippen molar-refractivity contribution < 1.29 is 19.4 Å². The first-order chi connectivity index (χ1) is 10.3. The van der Waals surface area contributed by atoms with Gasteiger partial charge in [-0.25, -0.2) is 4.79 Å². The topological polar surface area (TPSA) is 66.8 Å². The number of carboxylic acids is 1. The van der Waals surface area contributed by atoms with Crippen molar-refractivity contribution in [3.05, 3.63) is 35.4 Å². The van der Waals surface area contributed by atoms with Crippen LogP contribution < -0.4 is 0 Å². The summed E-state index contributed by atoms with van der Waals surface area (Å²) >= 11 is 0. The van der Waals surface area contributed by atoms with Crippen LogP contribution in [0.5, 0.6) is 0 Å². The molecule has 2 rings (SSSR count). The largest absolute Gasteiger partial charge is 0.481 e. The average molecular weight is 307 g/mol. The van der Waals surface area contributed by atoms with Crippen LogP contribution in [-0.2, 0) is 16.1 Å². The van der Waals surface area contributed by atoms with Gasteiger partial charge in [-0.1, -0.05) is 38.1 Å². The van der Waals surface area contributed by atoms with Gasteiger partial charge in [0.1, 0.15) is 5.60 Å². The first-order valence-corrected chi connectivity index (χ1v) is 7.57. The lowest BCUT2D eigenvalue weighted by Crippen LogP contribution is -2.36. The number of carbonyl (C=O) groups is 2. The Morgan fingerprint density at radius 1 is 1.27 bits per heavy atom. The van der Waals surface area contributed by atoms with Crippen molar-refractivity contribution in [1.29, 1.82) is 0 Å². The number of carbonyl (C=O) groups excluding carboxylic acids is 1. The smallest absolute Gasteiger partial charge is 0.411 e. The third-order valence-corrected chi connectivity index (χ3v) is 3.13. The molecule has 1 atom stereocenters. The Kier molecular flexibility index (Phi) is 5.97. The summed E-state index contributed by atoms with van der Waals surface area (Å²) in [6.07, 6.45) is -0.587. The summed E-state index contributed by atoms with van der Waals surface area (Å²) in [5, 5.41) is 9.05. The lowest BCUT2D eigenvalue weighted by molar-refractivity contribution is -0.138. The van der Waals surface area contributed by atoms with E-state index in [2.05, 4.69) is 0 Å². The second-order valence-electron chi connectivity index (χ2n) is 5.92. The normalized spacial score (nSPS) is 16.4. The molecule has 5 heteroatoms. The molecule has 1 aromatic rings. The predicted octanol–water partition coefficient (Wildman–Crippen LogP) is 3.98. The number of fused-ring (bicyclic) bond motifs is 1. The summed E-state index contributed by atoms with van der Waals surface area (Å²) in [4.78, 5) is 24.8. The summed E-state index contributed by atoms with van der Waals surface area (Å²) in [6.45, 7) is 9.77. The van der Waals surface area contributed by atoms with Crippen molar-refractivity contribution in [1.82, 2.24) is 4.90 Å². The summed E-state index contributed by atoms with van der Waals surface area (Å²) in [6, 6.07) is 7.06. The van der Waals surface area contributed by atoms with Crippen molar-refractivity contribution in [2.45, 2.75) is 59.2 Å². The van der Waals surface area contributed by atoms with E-state index in [0.29, 0.717) is 6.54 Å². The average Bonchev–Trinajstić information content (AvgIpc) is 2.78. The second-order valence-corrected chi connectivity index (χ2v) is 5.92. The maximum Gasteiger partial charge on any atom is 0.411 e. The number of rotatable bonds is 2. The number of aliphatic carboxylic acids is 1. The molecule has 0 bridgehead atoms. The standard InChI is InChI=1S/C15H19NO4.C2H6/c1-15(2,3)20-14(19)16-9-10-6-4-5-7-11(10)12(16)8-13(17)18;1-2/h4-7,12H,8-9H2,1-3H3,(H,17,18);1-2H3. The van der Waals surface area contributed by atoms with Crippen LogP contribution in [0.4, 0.5) is 4.79 Å². The molecule has 0 saturated carbocycles. The van der Waals surface area contributed by atoms with E-state index in [9.17, 15) is 9.59 Å². The summed E-state index contributed by atoms with van der Waals surface area (Å²) in [5.41, 5.74) is 1.27. The van der Waals surface area contributed by atoms with Crippen LogP contribution >= 0.6 is 0 Å². The molecule has 0 fully saturated rings. The van der Waals surface area contributed by atoms with Crippen molar-refractivity contribution in [2.24, 2.45) is 0 Å². The number of benzene rings is 1. The van der Waals surface area contributed by atoms with Crippen LogP contribution in [0.2, 0.25) is 0 Å². The Hall–Kier alpha value is -2.04. The molecule has 1 unspecified atom stereocenters. The van der Waals surface area contributed by atoms with E-state index in [1.807, 2.05) is 38.1 Å². The maximum absolute atomic E-state index is 12.2. The van der Waals surface area contributed by atoms with E-state index in [1.165, 1.54) is 4.90 Å². The van der Waals surface area contributed by atoms with Gasteiger partial charge in [-0.15, -0.1) is 0 Å². The molecule has 1 amide bonds. The highest BCUT2D eigenvalue weighted by molar-refractivity contribution is 5.73. The third kappa shape index (κ3) is 4.48. The van der Waals surface area contributed by atoms with Gasteiger partial charge in [0.2, 0.25) is 0 Å². The molecule has 1 aliphatic heterocycles. The summed E-state index contributed by atoms with van der Waals surface area (Å²) < 4.78 is 5.36. The monoisotopic (exact) mass is 307 g/mol. The highest BCUT2D eigenvalue weighted by atomic mass is 16.6. The fraction of sp³-hybridized carbons (Fsp3) is 0.529. The zero-order valence-electron chi connectivity index (χ0n) is 13.9. The number of carboxylic acid groups (broad SMARTS) is 1. The minimum absolute atomic E-state index is 0.115. The minimum Gasteiger partial charge on any atom is -0.481 e. The summed E-state index contributed by atoms with van der Waals surface area (Å²) in [7, 11) is 0. The molecule has 5 nitrogen and oxygen atoms in total. The van der Waals surface area contributed by atoms with E-state index in [-0.39, 0.29) is 6.42 Å². The van der Waals surface area contributed by atoms with Crippen molar-refractivity contribution >= 4 is 12.1 Å². The first kappa shape index (κ1) is 18.0. The van der Waals surface area contributed by atoms with Crippen LogP contribution in [0.15, 0.2) is 24.3 Å². The summed E-state index contributed by atoms with van der Waals surface area (Å²) in [5.74, 6) is -0.930. The van der Waals surface area contributed by atoms with Gasteiger partial charge in [0.15, 0.2) is 0 Å². The molecule has 1 N–H and O–H groups in total. The Morgan fingerprint density at radius 3 is 2.41 bits per heavy atom. The predicted molar refractivity (Wildman–Crippen MR) is 84.6 cm³/mol. The third-order valence-electron chi connectivity index (χ3n) is 3.13. The van der Waals surface area contributed by atoms with Crippen LogP contribution in [0.3, 0.4) is 0 Å². The number of hydrogen-bond acceptors (Lipinski definition) is 3. The van der Waals surface area contributed by atoms with E-state index in [0.717, 1.165) is 11.1 Å². The van der Waals surface area contributed by atoms with Crippen LogP contribution in [0.25, 0.3) is 0 Å².